The summed E-state index contributed by atoms with van der Waals surface area (Å²) in [6.07, 6.45) is 1.98. The number of anilines is 1. The van der Waals surface area contributed by atoms with Crippen molar-refractivity contribution in [2.45, 2.75) is 26.7 Å². The molecule has 2 aromatic rings. The molecule has 1 aliphatic heterocycles. The molecule has 1 saturated heterocycles. The van der Waals surface area contributed by atoms with Crippen LogP contribution in [0.4, 0.5) is 10.2 Å². The van der Waals surface area contributed by atoms with Gasteiger partial charge in [0.25, 0.3) is 0 Å². The minimum atomic E-state index is -0.267. The summed E-state index contributed by atoms with van der Waals surface area (Å²) in [5.74, 6) is 1.34. The highest BCUT2D eigenvalue weighted by atomic mass is 19.1. The van der Waals surface area contributed by atoms with Gasteiger partial charge in [-0.15, -0.1) is 10.2 Å². The van der Waals surface area contributed by atoms with E-state index < -0.39 is 0 Å². The van der Waals surface area contributed by atoms with Crippen LogP contribution in [0.1, 0.15) is 26.7 Å². The van der Waals surface area contributed by atoms with Crippen molar-refractivity contribution in [3.8, 4) is 11.3 Å². The van der Waals surface area contributed by atoms with Crippen molar-refractivity contribution in [3.63, 3.8) is 0 Å². The molecular weight excluding hydrogens is 369 g/mol. The van der Waals surface area contributed by atoms with Gasteiger partial charge in [0.1, 0.15) is 5.82 Å². The lowest BCUT2D eigenvalue weighted by atomic mass is 10.1. The van der Waals surface area contributed by atoms with Crippen molar-refractivity contribution in [2.24, 2.45) is 5.92 Å². The molecule has 0 spiro atoms. The molecule has 0 saturated carbocycles. The molecule has 1 aromatic carbocycles. The van der Waals surface area contributed by atoms with Crippen molar-refractivity contribution in [2.75, 3.05) is 44.2 Å². The quantitative estimate of drug-likeness (QED) is 0.726. The molecule has 1 fully saturated rings. The van der Waals surface area contributed by atoms with E-state index in [1.807, 2.05) is 17.0 Å². The van der Waals surface area contributed by atoms with Gasteiger partial charge in [0.2, 0.25) is 5.91 Å². The number of benzene rings is 1. The average Bonchev–Trinajstić information content (AvgIpc) is 2.98. The molecule has 1 N–H and O–H groups in total. The van der Waals surface area contributed by atoms with Crippen LogP contribution >= 0.6 is 0 Å². The highest BCUT2D eigenvalue weighted by molar-refractivity contribution is 5.78. The second-order valence-electron chi connectivity index (χ2n) is 7.86. The van der Waals surface area contributed by atoms with Gasteiger partial charge in [-0.2, -0.15) is 0 Å². The molecule has 1 aromatic heterocycles. The Balaban J connectivity index is 1.52. The molecule has 7 heteroatoms. The number of rotatable bonds is 7. The molecule has 6 nitrogen and oxygen atoms in total. The Morgan fingerprint density at radius 3 is 2.55 bits per heavy atom. The fourth-order valence-corrected chi connectivity index (χ4v) is 3.36. The van der Waals surface area contributed by atoms with Gasteiger partial charge in [0.15, 0.2) is 5.82 Å². The Morgan fingerprint density at radius 1 is 1.07 bits per heavy atom. The summed E-state index contributed by atoms with van der Waals surface area (Å²) in [7, 11) is 0. The molecule has 0 unspecified atom stereocenters. The molecule has 1 amide bonds. The molecule has 156 valence electrons. The van der Waals surface area contributed by atoms with Gasteiger partial charge in [0.05, 0.1) is 12.2 Å². The predicted octanol–water partition coefficient (Wildman–Crippen LogP) is 2.96. The van der Waals surface area contributed by atoms with Crippen molar-refractivity contribution in [3.05, 3.63) is 42.2 Å². The highest BCUT2D eigenvalue weighted by Gasteiger charge is 2.20. The van der Waals surface area contributed by atoms with Crippen LogP contribution in [0, 0.1) is 11.7 Å². The Hall–Kier alpha value is -2.54. The van der Waals surface area contributed by atoms with Gasteiger partial charge in [-0.25, -0.2) is 4.39 Å². The smallest absolute Gasteiger partial charge is 0.236 e. The van der Waals surface area contributed by atoms with Crippen LogP contribution in [-0.4, -0.2) is 60.3 Å². The third-order valence-corrected chi connectivity index (χ3v) is 5.14. The first kappa shape index (κ1) is 21.2. The Bertz CT molecular complexity index is 779. The minimum Gasteiger partial charge on any atom is -0.353 e. The maximum Gasteiger partial charge on any atom is 0.236 e. The van der Waals surface area contributed by atoms with Crippen LogP contribution in [0.5, 0.6) is 0 Å². The van der Waals surface area contributed by atoms with Crippen LogP contribution in [0.3, 0.4) is 0 Å². The summed E-state index contributed by atoms with van der Waals surface area (Å²) >= 11 is 0. The molecular formula is C22H30FN5O. The lowest BCUT2D eigenvalue weighted by Crippen LogP contribution is -2.40. The average molecular weight is 400 g/mol. The lowest BCUT2D eigenvalue weighted by molar-refractivity contribution is -0.130. The number of nitrogens with one attached hydrogen (secondary N) is 1. The fourth-order valence-electron chi connectivity index (χ4n) is 3.36. The summed E-state index contributed by atoms with van der Waals surface area (Å²) in [5.41, 5.74) is 1.55. The summed E-state index contributed by atoms with van der Waals surface area (Å²) in [4.78, 5) is 16.6. The highest BCUT2D eigenvalue weighted by Crippen LogP contribution is 2.19. The number of carbonyl (C=O) groups excluding carboxylic acids is 1. The summed E-state index contributed by atoms with van der Waals surface area (Å²) in [6, 6.07) is 10.1. The second kappa shape index (κ2) is 10.3. The van der Waals surface area contributed by atoms with E-state index in [1.165, 1.54) is 12.1 Å². The van der Waals surface area contributed by atoms with Crippen molar-refractivity contribution >= 4 is 11.7 Å². The van der Waals surface area contributed by atoms with E-state index >= 15 is 0 Å². The number of amides is 1. The first-order chi connectivity index (χ1) is 14.0. The van der Waals surface area contributed by atoms with Crippen LogP contribution in [0.15, 0.2) is 36.4 Å². The van der Waals surface area contributed by atoms with Crippen molar-refractivity contribution < 1.29 is 9.18 Å². The normalized spacial score (nSPS) is 14.9. The first-order valence-corrected chi connectivity index (χ1v) is 10.4. The van der Waals surface area contributed by atoms with Crippen LogP contribution < -0.4 is 10.2 Å². The van der Waals surface area contributed by atoms with Crippen molar-refractivity contribution in [1.29, 1.82) is 0 Å². The van der Waals surface area contributed by atoms with Gasteiger partial charge in [-0.3, -0.25) is 4.79 Å². The third-order valence-electron chi connectivity index (χ3n) is 5.14. The van der Waals surface area contributed by atoms with Crippen LogP contribution in [0.25, 0.3) is 11.3 Å². The largest absolute Gasteiger partial charge is 0.353 e. The van der Waals surface area contributed by atoms with Gasteiger partial charge in [-0.1, -0.05) is 13.8 Å². The first-order valence-electron chi connectivity index (χ1n) is 10.4. The fraction of sp³-hybridized carbons (Fsp3) is 0.500. The monoisotopic (exact) mass is 399 g/mol. The summed E-state index contributed by atoms with van der Waals surface area (Å²) < 4.78 is 13.1. The molecule has 0 atom stereocenters. The van der Waals surface area contributed by atoms with E-state index in [0.29, 0.717) is 24.7 Å². The molecule has 3 rings (SSSR count). The lowest BCUT2D eigenvalue weighted by Gasteiger charge is -2.23. The SMILES string of the molecule is CC(C)CCNCC(=O)N1CCCN(c2ccc(-c3ccc(F)cc3)nn2)CC1. The van der Waals surface area contributed by atoms with E-state index in [-0.39, 0.29) is 11.7 Å². The Labute approximate surface area is 172 Å². The van der Waals surface area contributed by atoms with Crippen LogP contribution in [-0.2, 0) is 4.79 Å². The number of carbonyl (C=O) groups is 1. The maximum absolute atomic E-state index is 13.1. The molecule has 0 radical (unpaired) electrons. The maximum atomic E-state index is 13.1. The zero-order valence-corrected chi connectivity index (χ0v) is 17.3. The molecule has 2 heterocycles. The molecule has 0 bridgehead atoms. The number of hydrogen-bond acceptors (Lipinski definition) is 5. The standard InChI is InChI=1S/C22H30FN5O/c1-17(2)10-11-24-16-22(29)28-13-3-12-27(14-15-28)21-9-8-20(25-26-21)18-4-6-19(23)7-5-18/h4-9,17,24H,3,10-16H2,1-2H3. The second-order valence-corrected chi connectivity index (χ2v) is 7.86. The van der Waals surface area contributed by atoms with Crippen LogP contribution in [0.2, 0.25) is 0 Å². The van der Waals surface area contributed by atoms with E-state index in [4.69, 9.17) is 0 Å². The number of halogens is 1. The predicted molar refractivity (Wildman–Crippen MR) is 113 cm³/mol. The van der Waals surface area contributed by atoms with E-state index in [1.54, 1.807) is 12.1 Å². The van der Waals surface area contributed by atoms with Gasteiger partial charge in [0, 0.05) is 31.7 Å². The van der Waals surface area contributed by atoms with Crippen molar-refractivity contribution in [1.82, 2.24) is 20.4 Å². The summed E-state index contributed by atoms with van der Waals surface area (Å²) in [5, 5.41) is 11.9. The van der Waals surface area contributed by atoms with Gasteiger partial charge < -0.3 is 15.1 Å². The summed E-state index contributed by atoms with van der Waals surface area (Å²) in [6.45, 7) is 8.67. The number of nitrogens with zero attached hydrogens (tertiary/aromatic N) is 4. The Kier molecular flexibility index (Phi) is 7.52. The molecule has 29 heavy (non-hydrogen) atoms. The number of hydrogen-bond donors (Lipinski definition) is 1. The van der Waals surface area contributed by atoms with Gasteiger partial charge in [-0.05, 0) is 61.7 Å². The topological polar surface area (TPSA) is 61.4 Å². The zero-order chi connectivity index (χ0) is 20.6. The third kappa shape index (κ3) is 6.22. The zero-order valence-electron chi connectivity index (χ0n) is 17.3. The van der Waals surface area contributed by atoms with E-state index in [0.717, 1.165) is 50.4 Å². The Morgan fingerprint density at radius 2 is 1.86 bits per heavy atom. The van der Waals surface area contributed by atoms with Gasteiger partial charge >= 0.3 is 0 Å². The van der Waals surface area contributed by atoms with E-state index in [9.17, 15) is 9.18 Å². The minimum absolute atomic E-state index is 0.161. The molecule has 0 aliphatic carbocycles. The molecule has 1 aliphatic rings. The number of aromatic nitrogens is 2. The van der Waals surface area contributed by atoms with E-state index in [2.05, 4.69) is 34.3 Å².